The van der Waals surface area contributed by atoms with Gasteiger partial charge in [-0.1, -0.05) is 27.7 Å². The molecule has 1 nitrogen and oxygen atoms in total. The molecule has 9 heavy (non-hydrogen) atoms. The number of halogens is 1. The smallest absolute Gasteiger partial charge is 0.224 e. The predicted octanol–water partition coefficient (Wildman–Crippen LogP) is 2.43. The van der Waals surface area contributed by atoms with E-state index in [1.165, 1.54) is 0 Å². The molecule has 0 aliphatic heterocycles. The lowest BCUT2D eigenvalue weighted by Crippen LogP contribution is -2.22. The first-order valence-corrected chi connectivity index (χ1v) is 3.43. The SMILES string of the molecule is C[C@H](C(=O)Cl)C(C)(C)C. The Morgan fingerprint density at radius 1 is 1.44 bits per heavy atom. The van der Waals surface area contributed by atoms with Crippen molar-refractivity contribution in [1.82, 2.24) is 0 Å². The van der Waals surface area contributed by atoms with Crippen LogP contribution in [0, 0.1) is 11.3 Å². The molecule has 1 atom stereocenters. The Balaban J connectivity index is 4.04. The third-order valence-electron chi connectivity index (χ3n) is 1.64. The van der Waals surface area contributed by atoms with E-state index in [2.05, 4.69) is 0 Å². The Hall–Kier alpha value is -0.0400. The van der Waals surface area contributed by atoms with Gasteiger partial charge in [0.2, 0.25) is 5.24 Å². The first-order chi connectivity index (χ1) is 3.85. The number of carbonyl (C=O) groups is 1. The standard InChI is InChI=1S/C7H13ClO/c1-5(6(8)9)7(2,3)4/h5H,1-4H3/t5-/m1/s1. The van der Waals surface area contributed by atoms with Gasteiger partial charge in [0.05, 0.1) is 0 Å². The fraction of sp³-hybridized carbons (Fsp3) is 0.857. The van der Waals surface area contributed by atoms with E-state index >= 15 is 0 Å². The summed E-state index contributed by atoms with van der Waals surface area (Å²) in [5, 5.41) is -0.248. The molecule has 0 unspecified atom stereocenters. The van der Waals surface area contributed by atoms with Gasteiger partial charge in [0.1, 0.15) is 0 Å². The number of carbonyl (C=O) groups excluding carboxylic acids is 1. The average Bonchev–Trinajstić information content (AvgIpc) is 1.62. The maximum absolute atomic E-state index is 10.6. The summed E-state index contributed by atoms with van der Waals surface area (Å²) in [5.41, 5.74) is -0.00116. The van der Waals surface area contributed by atoms with Crippen molar-refractivity contribution in [3.05, 3.63) is 0 Å². The van der Waals surface area contributed by atoms with Gasteiger partial charge in [-0.05, 0) is 17.0 Å². The van der Waals surface area contributed by atoms with Crippen LogP contribution in [0.5, 0.6) is 0 Å². The van der Waals surface area contributed by atoms with Gasteiger partial charge in [-0.25, -0.2) is 0 Å². The molecule has 0 amide bonds. The van der Waals surface area contributed by atoms with Crippen molar-refractivity contribution < 1.29 is 4.79 Å². The van der Waals surface area contributed by atoms with Crippen LogP contribution in [0.25, 0.3) is 0 Å². The van der Waals surface area contributed by atoms with E-state index < -0.39 is 0 Å². The second kappa shape index (κ2) is 2.70. The van der Waals surface area contributed by atoms with Crippen LogP contribution in [-0.2, 0) is 4.79 Å². The van der Waals surface area contributed by atoms with Crippen LogP contribution < -0.4 is 0 Å². The molecule has 0 rings (SSSR count). The topological polar surface area (TPSA) is 17.1 Å². The van der Waals surface area contributed by atoms with Gasteiger partial charge in [-0.2, -0.15) is 0 Å². The van der Waals surface area contributed by atoms with Crippen LogP contribution in [-0.4, -0.2) is 5.24 Å². The lowest BCUT2D eigenvalue weighted by atomic mass is 9.83. The molecule has 0 bridgehead atoms. The Morgan fingerprint density at radius 3 is 1.78 bits per heavy atom. The van der Waals surface area contributed by atoms with Gasteiger partial charge in [-0.3, -0.25) is 4.79 Å². The van der Waals surface area contributed by atoms with Crippen molar-refractivity contribution in [3.8, 4) is 0 Å². The lowest BCUT2D eigenvalue weighted by Gasteiger charge is -2.23. The van der Waals surface area contributed by atoms with Crippen molar-refractivity contribution in [1.29, 1.82) is 0 Å². The van der Waals surface area contributed by atoms with Gasteiger partial charge >= 0.3 is 0 Å². The second-order valence-corrected chi connectivity index (χ2v) is 3.76. The summed E-state index contributed by atoms with van der Waals surface area (Å²) >= 11 is 5.27. The molecule has 0 heterocycles. The summed E-state index contributed by atoms with van der Waals surface area (Å²) < 4.78 is 0. The molecule has 0 spiro atoms. The van der Waals surface area contributed by atoms with Gasteiger partial charge in [0, 0.05) is 5.92 Å². The third kappa shape index (κ3) is 2.85. The zero-order valence-electron chi connectivity index (χ0n) is 6.36. The van der Waals surface area contributed by atoms with E-state index in [0.717, 1.165) is 0 Å². The quantitative estimate of drug-likeness (QED) is 0.522. The molecule has 0 aromatic carbocycles. The molecule has 0 aromatic heterocycles. The molecule has 0 aliphatic carbocycles. The number of hydrogen-bond acceptors (Lipinski definition) is 1. The van der Waals surface area contributed by atoms with E-state index in [1.807, 2.05) is 27.7 Å². The highest BCUT2D eigenvalue weighted by atomic mass is 35.5. The van der Waals surface area contributed by atoms with Crippen LogP contribution in [0.4, 0.5) is 0 Å². The molecule has 54 valence electrons. The maximum atomic E-state index is 10.6. The third-order valence-corrected chi connectivity index (χ3v) is 1.97. The number of rotatable bonds is 1. The van der Waals surface area contributed by atoms with Gasteiger partial charge in [-0.15, -0.1) is 0 Å². The van der Waals surface area contributed by atoms with Gasteiger partial charge < -0.3 is 0 Å². The summed E-state index contributed by atoms with van der Waals surface area (Å²) in [6.45, 7) is 7.84. The van der Waals surface area contributed by atoms with Crippen molar-refractivity contribution in [3.63, 3.8) is 0 Å². The van der Waals surface area contributed by atoms with E-state index in [1.54, 1.807) is 0 Å². The van der Waals surface area contributed by atoms with Crippen LogP contribution in [0.3, 0.4) is 0 Å². The van der Waals surface area contributed by atoms with Crippen LogP contribution >= 0.6 is 11.6 Å². The predicted molar refractivity (Wildman–Crippen MR) is 39.5 cm³/mol. The molecule has 2 heteroatoms. The normalized spacial score (nSPS) is 15.2. The first-order valence-electron chi connectivity index (χ1n) is 3.05. The summed E-state index contributed by atoms with van der Waals surface area (Å²) in [5.74, 6) is -0.0563. The molecular weight excluding hydrogens is 136 g/mol. The van der Waals surface area contributed by atoms with E-state index in [-0.39, 0.29) is 16.6 Å². The summed E-state index contributed by atoms with van der Waals surface area (Å²) in [4.78, 5) is 10.6. The highest BCUT2D eigenvalue weighted by Gasteiger charge is 2.24. The summed E-state index contributed by atoms with van der Waals surface area (Å²) in [7, 11) is 0. The lowest BCUT2D eigenvalue weighted by molar-refractivity contribution is -0.117. The number of hydrogen-bond donors (Lipinski definition) is 0. The van der Waals surface area contributed by atoms with Crippen molar-refractivity contribution >= 4 is 16.8 Å². The zero-order chi connectivity index (χ0) is 7.65. The molecule has 0 N–H and O–H groups in total. The van der Waals surface area contributed by atoms with E-state index in [9.17, 15) is 4.79 Å². The van der Waals surface area contributed by atoms with Crippen LogP contribution in [0.1, 0.15) is 27.7 Å². The minimum absolute atomic E-state index is 0.00116. The van der Waals surface area contributed by atoms with Gasteiger partial charge in [0.25, 0.3) is 0 Å². The second-order valence-electron chi connectivity index (χ2n) is 3.39. The average molecular weight is 149 g/mol. The fourth-order valence-electron chi connectivity index (χ4n) is 0.340. The highest BCUT2D eigenvalue weighted by Crippen LogP contribution is 2.26. The van der Waals surface area contributed by atoms with Crippen molar-refractivity contribution in [2.24, 2.45) is 11.3 Å². The maximum Gasteiger partial charge on any atom is 0.224 e. The zero-order valence-corrected chi connectivity index (χ0v) is 7.12. The molecule has 0 saturated heterocycles. The highest BCUT2D eigenvalue weighted by molar-refractivity contribution is 6.64. The Bertz CT molecular complexity index is 113. The Labute approximate surface area is 61.4 Å². The monoisotopic (exact) mass is 148 g/mol. The molecule has 0 aromatic rings. The Morgan fingerprint density at radius 2 is 1.78 bits per heavy atom. The minimum Gasteiger partial charge on any atom is -0.281 e. The van der Waals surface area contributed by atoms with E-state index in [4.69, 9.17) is 11.6 Å². The first kappa shape index (κ1) is 8.96. The molecule has 0 radical (unpaired) electrons. The van der Waals surface area contributed by atoms with E-state index in [0.29, 0.717) is 0 Å². The molecule has 0 fully saturated rings. The van der Waals surface area contributed by atoms with Crippen molar-refractivity contribution in [2.75, 3.05) is 0 Å². The fourth-order valence-corrected chi connectivity index (χ4v) is 0.668. The largest absolute Gasteiger partial charge is 0.281 e. The molecule has 0 saturated carbocycles. The van der Waals surface area contributed by atoms with Gasteiger partial charge in [0.15, 0.2) is 0 Å². The Kier molecular flexibility index (Phi) is 2.68. The summed E-state index contributed by atoms with van der Waals surface area (Å²) in [6.07, 6.45) is 0. The summed E-state index contributed by atoms with van der Waals surface area (Å²) in [6, 6.07) is 0. The molecule has 0 aliphatic rings. The van der Waals surface area contributed by atoms with Crippen LogP contribution in [0.2, 0.25) is 0 Å². The van der Waals surface area contributed by atoms with Crippen LogP contribution in [0.15, 0.2) is 0 Å². The van der Waals surface area contributed by atoms with Crippen molar-refractivity contribution in [2.45, 2.75) is 27.7 Å². The molecular formula is C7H13ClO. The minimum atomic E-state index is -0.248.